The van der Waals surface area contributed by atoms with E-state index < -0.39 is 0 Å². The molecule has 0 amide bonds. The van der Waals surface area contributed by atoms with Gasteiger partial charge < -0.3 is 5.32 Å². The predicted molar refractivity (Wildman–Crippen MR) is 85.0 cm³/mol. The van der Waals surface area contributed by atoms with E-state index in [2.05, 4.69) is 48.3 Å². The zero-order chi connectivity index (χ0) is 13.1. The smallest absolute Gasteiger partial charge is 0.0480 e. The molecule has 0 radical (unpaired) electrons. The van der Waals surface area contributed by atoms with Crippen molar-refractivity contribution in [1.29, 1.82) is 0 Å². The Morgan fingerprint density at radius 1 is 1.00 bits per heavy atom. The van der Waals surface area contributed by atoms with Crippen molar-refractivity contribution in [3.05, 3.63) is 24.3 Å². The number of nitrogens with one attached hydrogen (secondary N) is 1. The molecule has 0 heterocycles. The molecule has 1 nitrogen and oxygen atoms in total. The highest BCUT2D eigenvalue weighted by atomic mass is 32.2. The van der Waals surface area contributed by atoms with Gasteiger partial charge in [0.25, 0.3) is 0 Å². The Bertz CT molecular complexity index is 411. The molecule has 3 rings (SSSR count). The van der Waals surface area contributed by atoms with Crippen LogP contribution in [0.25, 0.3) is 0 Å². The molecule has 0 aliphatic heterocycles. The van der Waals surface area contributed by atoms with Gasteiger partial charge in [-0.2, -0.15) is 0 Å². The molecule has 1 N–H and O–H groups in total. The molecule has 1 aromatic carbocycles. The van der Waals surface area contributed by atoms with Gasteiger partial charge in [0.2, 0.25) is 0 Å². The summed E-state index contributed by atoms with van der Waals surface area (Å²) < 4.78 is 0. The lowest BCUT2D eigenvalue weighted by Gasteiger charge is -2.21. The molecule has 0 aromatic heterocycles. The summed E-state index contributed by atoms with van der Waals surface area (Å²) in [5.74, 6) is 0.824. The molecule has 2 fully saturated rings. The van der Waals surface area contributed by atoms with Gasteiger partial charge in [-0.15, -0.1) is 11.8 Å². The third-order valence-corrected chi connectivity index (χ3v) is 6.10. The maximum absolute atomic E-state index is 3.81. The van der Waals surface area contributed by atoms with E-state index in [0.717, 1.165) is 11.2 Å². The highest BCUT2D eigenvalue weighted by molar-refractivity contribution is 8.00. The van der Waals surface area contributed by atoms with Gasteiger partial charge in [-0.05, 0) is 43.7 Å². The first-order valence-electron chi connectivity index (χ1n) is 7.85. The van der Waals surface area contributed by atoms with Crippen LogP contribution in [0.4, 0.5) is 5.69 Å². The minimum Gasteiger partial charge on any atom is -0.381 e. The minimum absolute atomic E-state index is 0.685. The Hall–Kier alpha value is -0.630. The molecule has 0 saturated heterocycles. The molecule has 2 saturated carbocycles. The van der Waals surface area contributed by atoms with E-state index in [-0.39, 0.29) is 0 Å². The predicted octanol–water partition coefficient (Wildman–Crippen LogP) is 5.32. The van der Waals surface area contributed by atoms with Gasteiger partial charge >= 0.3 is 0 Å². The van der Waals surface area contributed by atoms with Crippen LogP contribution in [-0.4, -0.2) is 11.3 Å². The summed E-state index contributed by atoms with van der Waals surface area (Å²) in [4.78, 5) is 1.47. The van der Waals surface area contributed by atoms with Crippen LogP contribution in [0.1, 0.15) is 51.9 Å². The van der Waals surface area contributed by atoms with Crippen LogP contribution >= 0.6 is 11.8 Å². The zero-order valence-electron chi connectivity index (χ0n) is 11.9. The summed E-state index contributed by atoms with van der Waals surface area (Å²) in [6.45, 7) is 2.39. The SMILES string of the molecule is CC1CCCC1Nc1ccccc1SC1CCCC1. The van der Waals surface area contributed by atoms with E-state index in [1.54, 1.807) is 0 Å². The van der Waals surface area contributed by atoms with Crippen LogP contribution in [0.5, 0.6) is 0 Å². The molecule has 19 heavy (non-hydrogen) atoms. The molecule has 2 aliphatic carbocycles. The standard InChI is InChI=1S/C17H25NS/c1-13-7-6-11-15(13)18-16-10-4-5-12-17(16)19-14-8-2-3-9-14/h4-5,10,12-15,18H,2-3,6-9,11H2,1H3. The number of hydrogen-bond acceptors (Lipinski definition) is 2. The number of rotatable bonds is 4. The highest BCUT2D eigenvalue weighted by Crippen LogP contribution is 2.39. The van der Waals surface area contributed by atoms with Gasteiger partial charge in [0.1, 0.15) is 0 Å². The largest absolute Gasteiger partial charge is 0.381 e. The van der Waals surface area contributed by atoms with Gasteiger partial charge in [-0.3, -0.25) is 0 Å². The first kappa shape index (κ1) is 13.4. The highest BCUT2D eigenvalue weighted by Gasteiger charge is 2.24. The van der Waals surface area contributed by atoms with Crippen molar-refractivity contribution in [1.82, 2.24) is 0 Å². The summed E-state index contributed by atoms with van der Waals surface area (Å²) in [6, 6.07) is 9.60. The van der Waals surface area contributed by atoms with E-state index in [0.29, 0.717) is 6.04 Å². The minimum atomic E-state index is 0.685. The van der Waals surface area contributed by atoms with Crippen molar-refractivity contribution < 1.29 is 0 Å². The summed E-state index contributed by atoms with van der Waals surface area (Å²) >= 11 is 2.10. The number of hydrogen-bond donors (Lipinski definition) is 1. The van der Waals surface area contributed by atoms with Crippen molar-refractivity contribution >= 4 is 17.4 Å². The second kappa shape index (κ2) is 6.21. The molecule has 1 aromatic rings. The van der Waals surface area contributed by atoms with Gasteiger partial charge in [0.05, 0.1) is 0 Å². The fourth-order valence-electron chi connectivity index (χ4n) is 3.43. The van der Waals surface area contributed by atoms with Crippen LogP contribution in [0.3, 0.4) is 0 Å². The molecule has 2 unspecified atom stereocenters. The molecular formula is C17H25NS. The quantitative estimate of drug-likeness (QED) is 0.798. The summed E-state index contributed by atoms with van der Waals surface area (Å²) in [5.41, 5.74) is 1.37. The van der Waals surface area contributed by atoms with Crippen LogP contribution in [0, 0.1) is 5.92 Å². The first-order valence-corrected chi connectivity index (χ1v) is 8.73. The molecule has 2 aliphatic rings. The van der Waals surface area contributed by atoms with E-state index >= 15 is 0 Å². The van der Waals surface area contributed by atoms with Crippen molar-refractivity contribution in [3.63, 3.8) is 0 Å². The first-order chi connectivity index (χ1) is 9.33. The maximum atomic E-state index is 3.81. The average molecular weight is 275 g/mol. The second-order valence-corrected chi connectivity index (χ2v) is 7.52. The van der Waals surface area contributed by atoms with Gasteiger partial charge in [-0.1, -0.05) is 38.3 Å². The second-order valence-electron chi connectivity index (χ2n) is 6.18. The monoisotopic (exact) mass is 275 g/mol. The lowest BCUT2D eigenvalue weighted by molar-refractivity contribution is 0.555. The van der Waals surface area contributed by atoms with E-state index in [4.69, 9.17) is 0 Å². The van der Waals surface area contributed by atoms with Gasteiger partial charge in [0, 0.05) is 21.9 Å². The average Bonchev–Trinajstić information content (AvgIpc) is 3.05. The van der Waals surface area contributed by atoms with E-state index in [9.17, 15) is 0 Å². The van der Waals surface area contributed by atoms with Crippen molar-refractivity contribution in [2.24, 2.45) is 5.92 Å². The number of benzene rings is 1. The summed E-state index contributed by atoms with van der Waals surface area (Å²) in [6.07, 6.45) is 9.76. The van der Waals surface area contributed by atoms with Gasteiger partial charge in [0.15, 0.2) is 0 Å². The Morgan fingerprint density at radius 3 is 2.53 bits per heavy atom. The summed E-state index contributed by atoms with van der Waals surface area (Å²) in [5, 5.41) is 4.66. The molecule has 2 heteroatoms. The van der Waals surface area contributed by atoms with Crippen LogP contribution in [-0.2, 0) is 0 Å². The lowest BCUT2D eigenvalue weighted by atomic mass is 10.1. The van der Waals surface area contributed by atoms with Crippen molar-refractivity contribution in [2.75, 3.05) is 5.32 Å². The summed E-state index contributed by atoms with van der Waals surface area (Å²) in [7, 11) is 0. The fraction of sp³-hybridized carbons (Fsp3) is 0.647. The third-order valence-electron chi connectivity index (χ3n) is 4.69. The van der Waals surface area contributed by atoms with E-state index in [1.165, 1.54) is 55.5 Å². The van der Waals surface area contributed by atoms with Crippen molar-refractivity contribution in [2.45, 2.75) is 68.1 Å². The van der Waals surface area contributed by atoms with Crippen LogP contribution in [0.2, 0.25) is 0 Å². The molecular weight excluding hydrogens is 250 g/mol. The molecule has 2 atom stereocenters. The van der Waals surface area contributed by atoms with E-state index in [1.807, 2.05) is 0 Å². The number of thioether (sulfide) groups is 1. The van der Waals surface area contributed by atoms with Crippen molar-refractivity contribution in [3.8, 4) is 0 Å². The van der Waals surface area contributed by atoms with Crippen LogP contribution < -0.4 is 5.32 Å². The molecule has 104 valence electrons. The van der Waals surface area contributed by atoms with Crippen LogP contribution in [0.15, 0.2) is 29.2 Å². The zero-order valence-corrected chi connectivity index (χ0v) is 12.7. The molecule has 0 bridgehead atoms. The Labute approximate surface area is 121 Å². The topological polar surface area (TPSA) is 12.0 Å². The number of para-hydroxylation sites is 1. The normalized spacial score (nSPS) is 27.8. The Morgan fingerprint density at radius 2 is 1.79 bits per heavy atom. The van der Waals surface area contributed by atoms with Gasteiger partial charge in [-0.25, -0.2) is 0 Å². The fourth-order valence-corrected chi connectivity index (χ4v) is 4.77. The Kier molecular flexibility index (Phi) is 4.37. The third kappa shape index (κ3) is 3.28. The Balaban J connectivity index is 1.69. The number of anilines is 1. The lowest BCUT2D eigenvalue weighted by Crippen LogP contribution is -2.22. The maximum Gasteiger partial charge on any atom is 0.0480 e. The molecule has 0 spiro atoms.